The van der Waals surface area contributed by atoms with Crippen molar-refractivity contribution in [2.45, 2.75) is 70.7 Å². The lowest BCUT2D eigenvalue weighted by molar-refractivity contribution is -0.101. The van der Waals surface area contributed by atoms with Gasteiger partial charge in [-0.25, -0.2) is 0 Å². The minimum Gasteiger partial charge on any atom is -0.392 e. The first-order valence-electron chi connectivity index (χ1n) is 7.29. The molecule has 2 fully saturated rings. The van der Waals surface area contributed by atoms with Gasteiger partial charge in [0.05, 0.1) is 17.3 Å². The Bertz CT molecular complexity index is 309. The number of rotatable bonds is 1. The summed E-state index contributed by atoms with van der Waals surface area (Å²) in [6.45, 7) is 7.93. The molecule has 0 heterocycles. The van der Waals surface area contributed by atoms with Crippen molar-refractivity contribution < 1.29 is 15.3 Å². The number of aliphatic hydroxyl groups is 3. The van der Waals surface area contributed by atoms with Crippen LogP contribution in [0.5, 0.6) is 0 Å². The van der Waals surface area contributed by atoms with Crippen LogP contribution >= 0.6 is 0 Å². The molecule has 3 N–H and O–H groups in total. The summed E-state index contributed by atoms with van der Waals surface area (Å²) in [6.07, 6.45) is 2.56. The van der Waals surface area contributed by atoms with Crippen molar-refractivity contribution in [1.29, 1.82) is 0 Å². The van der Waals surface area contributed by atoms with Gasteiger partial charge in [0.15, 0.2) is 0 Å². The Balaban J connectivity index is 2.36. The van der Waals surface area contributed by atoms with Crippen molar-refractivity contribution in [3.8, 4) is 0 Å². The monoisotopic (exact) mass is 256 g/mol. The van der Waals surface area contributed by atoms with Crippen LogP contribution in [0.1, 0.15) is 53.4 Å². The van der Waals surface area contributed by atoms with E-state index in [0.717, 1.165) is 19.3 Å². The van der Waals surface area contributed by atoms with Gasteiger partial charge in [-0.15, -0.1) is 0 Å². The summed E-state index contributed by atoms with van der Waals surface area (Å²) in [5.74, 6) is 0.385. The van der Waals surface area contributed by atoms with Crippen LogP contribution < -0.4 is 0 Å². The van der Waals surface area contributed by atoms with E-state index in [2.05, 4.69) is 13.8 Å². The van der Waals surface area contributed by atoms with Crippen LogP contribution in [0.3, 0.4) is 0 Å². The van der Waals surface area contributed by atoms with Crippen LogP contribution in [0.2, 0.25) is 0 Å². The molecule has 0 aliphatic heterocycles. The van der Waals surface area contributed by atoms with Crippen LogP contribution in [0.15, 0.2) is 0 Å². The van der Waals surface area contributed by atoms with E-state index in [9.17, 15) is 15.3 Å². The highest BCUT2D eigenvalue weighted by molar-refractivity contribution is 5.07. The lowest BCUT2D eigenvalue weighted by Crippen LogP contribution is -2.47. The third-order valence-corrected chi connectivity index (χ3v) is 5.56. The average molecular weight is 256 g/mol. The fraction of sp³-hybridized carbons (Fsp3) is 1.00. The molecule has 0 bridgehead atoms. The van der Waals surface area contributed by atoms with Crippen molar-refractivity contribution >= 4 is 0 Å². The van der Waals surface area contributed by atoms with E-state index in [0.29, 0.717) is 12.3 Å². The van der Waals surface area contributed by atoms with Crippen LogP contribution in [0.4, 0.5) is 0 Å². The van der Waals surface area contributed by atoms with E-state index < -0.39 is 17.3 Å². The summed E-state index contributed by atoms with van der Waals surface area (Å²) in [5.41, 5.74) is -1.60. The van der Waals surface area contributed by atoms with Gasteiger partial charge in [0.25, 0.3) is 0 Å². The van der Waals surface area contributed by atoms with Gasteiger partial charge >= 0.3 is 0 Å². The molecule has 0 aromatic heterocycles. The second-order valence-corrected chi connectivity index (χ2v) is 7.32. The molecule has 3 heteroatoms. The molecule has 0 aromatic carbocycles. The summed E-state index contributed by atoms with van der Waals surface area (Å²) in [6, 6.07) is 0. The Kier molecular flexibility index (Phi) is 3.54. The van der Waals surface area contributed by atoms with Crippen molar-refractivity contribution in [2.75, 3.05) is 0 Å². The Morgan fingerprint density at radius 2 is 1.56 bits per heavy atom. The van der Waals surface area contributed by atoms with Gasteiger partial charge in [-0.05, 0) is 57.3 Å². The van der Waals surface area contributed by atoms with Crippen molar-refractivity contribution in [1.82, 2.24) is 0 Å². The minimum atomic E-state index is -0.842. The quantitative estimate of drug-likeness (QED) is 0.672. The summed E-state index contributed by atoms with van der Waals surface area (Å²) >= 11 is 0. The van der Waals surface area contributed by atoms with E-state index in [1.807, 2.05) is 13.8 Å². The molecule has 2 rings (SSSR count). The maximum atomic E-state index is 10.7. The zero-order valence-electron chi connectivity index (χ0n) is 12.1. The van der Waals surface area contributed by atoms with Crippen molar-refractivity contribution in [3.63, 3.8) is 0 Å². The van der Waals surface area contributed by atoms with Crippen LogP contribution in [0, 0.1) is 23.7 Å². The Hall–Kier alpha value is -0.120. The summed E-state index contributed by atoms with van der Waals surface area (Å²) < 4.78 is 0. The number of hydrogen-bond acceptors (Lipinski definition) is 3. The SMILES string of the molecule is CC(C)C1CC[C@@](C)(O)[C@H]2CC[C@](C)(O)[C@H]2C1O. The van der Waals surface area contributed by atoms with E-state index in [-0.39, 0.29) is 17.8 Å². The minimum absolute atomic E-state index is 0.0197. The van der Waals surface area contributed by atoms with Gasteiger partial charge in [-0.2, -0.15) is 0 Å². The molecule has 106 valence electrons. The van der Waals surface area contributed by atoms with Gasteiger partial charge in [0.2, 0.25) is 0 Å². The predicted molar refractivity (Wildman–Crippen MR) is 71.0 cm³/mol. The Morgan fingerprint density at radius 3 is 2.11 bits per heavy atom. The smallest absolute Gasteiger partial charge is 0.0676 e. The fourth-order valence-corrected chi connectivity index (χ4v) is 4.34. The molecule has 0 radical (unpaired) electrons. The molecular weight excluding hydrogens is 228 g/mol. The van der Waals surface area contributed by atoms with Crippen LogP contribution in [-0.2, 0) is 0 Å². The van der Waals surface area contributed by atoms with Crippen molar-refractivity contribution in [3.05, 3.63) is 0 Å². The lowest BCUT2D eigenvalue weighted by Gasteiger charge is -2.39. The van der Waals surface area contributed by atoms with Gasteiger partial charge in [0, 0.05) is 5.92 Å². The number of aliphatic hydroxyl groups excluding tert-OH is 1. The normalized spacial score (nSPS) is 53.3. The maximum absolute atomic E-state index is 10.7. The highest BCUT2D eigenvalue weighted by Crippen LogP contribution is 2.52. The molecule has 6 atom stereocenters. The lowest BCUT2D eigenvalue weighted by atomic mass is 9.73. The fourth-order valence-electron chi connectivity index (χ4n) is 4.34. The molecule has 2 aliphatic carbocycles. The van der Waals surface area contributed by atoms with Gasteiger partial charge in [-0.1, -0.05) is 13.8 Å². The zero-order chi connectivity index (χ0) is 13.7. The second kappa shape index (κ2) is 4.46. The molecule has 0 spiro atoms. The van der Waals surface area contributed by atoms with E-state index in [1.54, 1.807) is 0 Å². The molecule has 18 heavy (non-hydrogen) atoms. The van der Waals surface area contributed by atoms with E-state index in [1.165, 1.54) is 0 Å². The first-order valence-corrected chi connectivity index (χ1v) is 7.29. The molecule has 0 aromatic rings. The predicted octanol–water partition coefficient (Wildman–Crippen LogP) is 1.94. The van der Waals surface area contributed by atoms with E-state index in [4.69, 9.17) is 0 Å². The average Bonchev–Trinajstić information content (AvgIpc) is 2.48. The standard InChI is InChI=1S/C15H28O3/c1-9(2)10-5-7-14(3,17)11-6-8-15(4,18)12(11)13(10)16/h9-13,16-18H,5-8H2,1-4H3/t10?,11-,12+,13?,14+,15-/m0/s1. The van der Waals surface area contributed by atoms with Gasteiger partial charge < -0.3 is 15.3 Å². The molecule has 2 aliphatic rings. The molecule has 3 nitrogen and oxygen atoms in total. The molecule has 2 unspecified atom stereocenters. The molecule has 0 saturated heterocycles. The zero-order valence-corrected chi connectivity index (χ0v) is 12.1. The number of fused-ring (bicyclic) bond motifs is 1. The number of hydrogen-bond donors (Lipinski definition) is 3. The molecule has 0 amide bonds. The third-order valence-electron chi connectivity index (χ3n) is 5.56. The second-order valence-electron chi connectivity index (χ2n) is 7.32. The Morgan fingerprint density at radius 1 is 1.00 bits per heavy atom. The topological polar surface area (TPSA) is 60.7 Å². The van der Waals surface area contributed by atoms with E-state index >= 15 is 0 Å². The summed E-state index contributed by atoms with van der Waals surface area (Å²) in [4.78, 5) is 0. The van der Waals surface area contributed by atoms with Crippen molar-refractivity contribution in [2.24, 2.45) is 23.7 Å². The largest absolute Gasteiger partial charge is 0.392 e. The highest BCUT2D eigenvalue weighted by Gasteiger charge is 2.56. The third kappa shape index (κ3) is 2.21. The first kappa shape index (κ1) is 14.3. The maximum Gasteiger partial charge on any atom is 0.0676 e. The van der Waals surface area contributed by atoms with Gasteiger partial charge in [0.1, 0.15) is 0 Å². The summed E-state index contributed by atoms with van der Waals surface area (Å²) in [5, 5.41) is 31.9. The molecular formula is C15H28O3. The Labute approximate surface area is 110 Å². The van der Waals surface area contributed by atoms with Gasteiger partial charge in [-0.3, -0.25) is 0 Å². The van der Waals surface area contributed by atoms with Crippen LogP contribution in [-0.4, -0.2) is 32.6 Å². The van der Waals surface area contributed by atoms with Crippen LogP contribution in [0.25, 0.3) is 0 Å². The first-order chi connectivity index (χ1) is 8.17. The summed E-state index contributed by atoms with van der Waals surface area (Å²) in [7, 11) is 0. The highest BCUT2D eigenvalue weighted by atomic mass is 16.3. The molecule has 2 saturated carbocycles.